The molecule has 3 aromatic carbocycles. The fourth-order valence-corrected chi connectivity index (χ4v) is 6.45. The van der Waals surface area contributed by atoms with E-state index >= 15 is 0 Å². The van der Waals surface area contributed by atoms with Gasteiger partial charge in [-0.3, -0.25) is 0 Å². The van der Waals surface area contributed by atoms with Gasteiger partial charge in [0.1, 0.15) is 0 Å². The summed E-state index contributed by atoms with van der Waals surface area (Å²) in [5, 5.41) is 31.6. The Kier molecular flexibility index (Phi) is 7.06. The molecule has 0 aliphatic rings. The van der Waals surface area contributed by atoms with Crippen LogP contribution >= 0.6 is 34.4 Å². The predicted octanol–water partition coefficient (Wildman–Crippen LogP) is 9.10. The highest BCUT2D eigenvalue weighted by Gasteiger charge is 2.18. The molecular weight excluding hydrogens is 501 g/mol. The number of nitrogens with one attached hydrogen (secondary N) is 2. The zero-order valence-electron chi connectivity index (χ0n) is 19.3. The lowest BCUT2D eigenvalue weighted by Crippen LogP contribution is -1.94. The van der Waals surface area contributed by atoms with Crippen molar-refractivity contribution in [1.29, 1.82) is 10.5 Å². The standard InChI is InChI=1S/C29H20N4S3/c1-34-28-23(25-17-35-18-27(25)33-22-11-7-20(16-31)8-12-22)3-2-4-24(28)29-26(13-14-36-29)32-21-9-5-19(15-30)6-10-21/h2-14,17-18,32-33H,1H3. The van der Waals surface area contributed by atoms with E-state index in [9.17, 15) is 0 Å². The third-order valence-corrected chi connectivity index (χ3v) is 8.21. The van der Waals surface area contributed by atoms with Crippen molar-refractivity contribution in [3.05, 3.63) is 100 Å². The van der Waals surface area contributed by atoms with Crippen molar-refractivity contribution in [3.8, 4) is 33.7 Å². The highest BCUT2D eigenvalue weighted by molar-refractivity contribution is 7.98. The molecule has 36 heavy (non-hydrogen) atoms. The summed E-state index contributed by atoms with van der Waals surface area (Å²) in [7, 11) is 0. The van der Waals surface area contributed by atoms with Crippen molar-refractivity contribution >= 4 is 57.2 Å². The number of nitriles is 2. The smallest absolute Gasteiger partial charge is 0.0991 e. The molecule has 2 heterocycles. The summed E-state index contributed by atoms with van der Waals surface area (Å²) < 4.78 is 0. The molecule has 0 fully saturated rings. The molecule has 0 spiro atoms. The molecule has 0 unspecified atom stereocenters. The van der Waals surface area contributed by atoms with Crippen LogP contribution in [0.15, 0.2) is 93.8 Å². The van der Waals surface area contributed by atoms with Crippen molar-refractivity contribution in [2.24, 2.45) is 0 Å². The van der Waals surface area contributed by atoms with Gasteiger partial charge < -0.3 is 10.6 Å². The minimum absolute atomic E-state index is 0.643. The summed E-state index contributed by atoms with van der Waals surface area (Å²) in [6.45, 7) is 0. The van der Waals surface area contributed by atoms with Crippen molar-refractivity contribution in [1.82, 2.24) is 0 Å². The van der Waals surface area contributed by atoms with Crippen LogP contribution in [0.1, 0.15) is 11.1 Å². The maximum atomic E-state index is 9.08. The normalized spacial score (nSPS) is 10.4. The molecule has 0 radical (unpaired) electrons. The molecule has 0 aliphatic carbocycles. The molecule has 5 rings (SSSR count). The van der Waals surface area contributed by atoms with Crippen LogP contribution in [0.5, 0.6) is 0 Å². The highest BCUT2D eigenvalue weighted by atomic mass is 32.2. The molecule has 2 aromatic heterocycles. The quantitative estimate of drug-likeness (QED) is 0.209. The predicted molar refractivity (Wildman–Crippen MR) is 154 cm³/mol. The number of thiophene rings is 2. The van der Waals surface area contributed by atoms with Gasteiger partial charge in [0.25, 0.3) is 0 Å². The van der Waals surface area contributed by atoms with Gasteiger partial charge in [-0.05, 0) is 71.8 Å². The van der Waals surface area contributed by atoms with Gasteiger partial charge in [-0.15, -0.1) is 34.4 Å². The van der Waals surface area contributed by atoms with E-state index in [4.69, 9.17) is 10.5 Å². The van der Waals surface area contributed by atoms with Crippen LogP contribution in [0.2, 0.25) is 0 Å². The first-order chi connectivity index (χ1) is 17.7. The zero-order valence-corrected chi connectivity index (χ0v) is 21.7. The Bertz CT molecular complexity index is 1470. The van der Waals surface area contributed by atoms with Crippen molar-refractivity contribution in [3.63, 3.8) is 0 Å². The number of anilines is 4. The maximum Gasteiger partial charge on any atom is 0.0991 e. The summed E-state index contributed by atoms with van der Waals surface area (Å²) >= 11 is 5.11. The Hall–Kier alpha value is -4.01. The molecular formula is C29H20N4S3. The molecule has 5 aromatic rings. The fourth-order valence-electron chi connectivity index (χ4n) is 3.93. The van der Waals surface area contributed by atoms with Gasteiger partial charge in [0.2, 0.25) is 0 Å². The molecule has 0 amide bonds. The van der Waals surface area contributed by atoms with E-state index in [0.717, 1.165) is 28.3 Å². The van der Waals surface area contributed by atoms with Crippen molar-refractivity contribution in [2.75, 3.05) is 16.9 Å². The van der Waals surface area contributed by atoms with Crippen LogP contribution in [-0.2, 0) is 0 Å². The minimum Gasteiger partial charge on any atom is -0.354 e. The summed E-state index contributed by atoms with van der Waals surface area (Å²) in [6, 6.07) is 27.9. The van der Waals surface area contributed by atoms with E-state index in [-0.39, 0.29) is 0 Å². The van der Waals surface area contributed by atoms with Gasteiger partial charge in [-0.2, -0.15) is 10.5 Å². The zero-order chi connectivity index (χ0) is 24.9. The summed E-state index contributed by atoms with van der Waals surface area (Å²) in [4.78, 5) is 2.38. The Morgan fingerprint density at radius 3 is 1.92 bits per heavy atom. The van der Waals surface area contributed by atoms with Gasteiger partial charge in [0.15, 0.2) is 0 Å². The van der Waals surface area contributed by atoms with Gasteiger partial charge in [-0.1, -0.05) is 18.2 Å². The first-order valence-electron chi connectivity index (χ1n) is 11.1. The van der Waals surface area contributed by atoms with Crippen LogP contribution < -0.4 is 10.6 Å². The SMILES string of the molecule is CSc1c(-c2cscc2Nc2ccc(C#N)cc2)cccc1-c1sccc1Nc1ccc(C#N)cc1. The summed E-state index contributed by atoms with van der Waals surface area (Å²) in [6.07, 6.45) is 2.11. The molecule has 0 saturated carbocycles. The second kappa shape index (κ2) is 10.7. The van der Waals surface area contributed by atoms with Gasteiger partial charge in [0, 0.05) is 38.2 Å². The minimum atomic E-state index is 0.643. The average molecular weight is 521 g/mol. The lowest BCUT2D eigenvalue weighted by molar-refractivity contribution is 1.45. The third kappa shape index (κ3) is 4.86. The second-order valence-corrected chi connectivity index (χ2v) is 10.4. The van der Waals surface area contributed by atoms with Gasteiger partial charge in [0.05, 0.1) is 39.5 Å². The molecule has 0 saturated heterocycles. The monoisotopic (exact) mass is 520 g/mol. The third-order valence-electron chi connectivity index (χ3n) is 5.67. The van der Waals surface area contributed by atoms with Gasteiger partial charge >= 0.3 is 0 Å². The van der Waals surface area contributed by atoms with Crippen LogP contribution in [0.25, 0.3) is 21.6 Å². The molecule has 174 valence electrons. The molecule has 4 nitrogen and oxygen atoms in total. The van der Waals surface area contributed by atoms with Crippen LogP contribution in [0, 0.1) is 22.7 Å². The first kappa shape index (κ1) is 23.7. The summed E-state index contributed by atoms with van der Waals surface area (Å²) in [5.41, 5.74) is 8.77. The highest BCUT2D eigenvalue weighted by Crippen LogP contribution is 2.46. The van der Waals surface area contributed by atoms with Crippen LogP contribution in [-0.4, -0.2) is 6.26 Å². The number of rotatable bonds is 7. The lowest BCUT2D eigenvalue weighted by Gasteiger charge is -2.16. The maximum absolute atomic E-state index is 9.08. The van der Waals surface area contributed by atoms with E-state index in [0.29, 0.717) is 11.1 Å². The number of nitrogens with zero attached hydrogens (tertiary/aromatic N) is 2. The van der Waals surface area contributed by atoms with E-state index in [1.54, 1.807) is 34.4 Å². The topological polar surface area (TPSA) is 71.6 Å². The fraction of sp³-hybridized carbons (Fsp3) is 0.0345. The second-order valence-electron chi connectivity index (χ2n) is 7.88. The van der Waals surface area contributed by atoms with E-state index in [1.165, 1.54) is 20.9 Å². The van der Waals surface area contributed by atoms with E-state index in [2.05, 4.69) is 69.4 Å². The molecule has 0 bridgehead atoms. The number of benzene rings is 3. The average Bonchev–Trinajstić information content (AvgIpc) is 3.58. The van der Waals surface area contributed by atoms with E-state index < -0.39 is 0 Å². The Morgan fingerprint density at radius 1 is 0.694 bits per heavy atom. The summed E-state index contributed by atoms with van der Waals surface area (Å²) in [5.74, 6) is 0. The Balaban J connectivity index is 1.49. The molecule has 0 atom stereocenters. The van der Waals surface area contributed by atoms with E-state index in [1.807, 2.05) is 48.5 Å². The molecule has 2 N–H and O–H groups in total. The largest absolute Gasteiger partial charge is 0.354 e. The first-order valence-corrected chi connectivity index (χ1v) is 14.1. The molecule has 7 heteroatoms. The van der Waals surface area contributed by atoms with Gasteiger partial charge in [-0.25, -0.2) is 0 Å². The molecule has 0 aliphatic heterocycles. The number of hydrogen-bond acceptors (Lipinski definition) is 7. The number of thioether (sulfide) groups is 1. The van der Waals surface area contributed by atoms with Crippen LogP contribution in [0.4, 0.5) is 22.7 Å². The van der Waals surface area contributed by atoms with Crippen molar-refractivity contribution < 1.29 is 0 Å². The Morgan fingerprint density at radius 2 is 1.31 bits per heavy atom. The van der Waals surface area contributed by atoms with Crippen molar-refractivity contribution in [2.45, 2.75) is 4.90 Å². The number of hydrogen-bond donors (Lipinski definition) is 2. The lowest BCUT2D eigenvalue weighted by atomic mass is 10.0. The van der Waals surface area contributed by atoms with Crippen LogP contribution in [0.3, 0.4) is 0 Å². The Labute approximate surface area is 222 Å².